The first-order valence-corrected chi connectivity index (χ1v) is 7.22. The van der Waals surface area contributed by atoms with Crippen LogP contribution in [0.5, 0.6) is 0 Å². The SMILES string of the molecule is Cc1c2c(=O)n(-c3ncccn3)[nH]c2cc(=O)n1-c1ccncc1. The molecule has 4 heterocycles. The van der Waals surface area contributed by atoms with E-state index in [1.807, 2.05) is 0 Å². The predicted molar refractivity (Wildman–Crippen MR) is 87.6 cm³/mol. The van der Waals surface area contributed by atoms with Crippen LogP contribution in [0.1, 0.15) is 5.69 Å². The van der Waals surface area contributed by atoms with Crippen LogP contribution in [0.2, 0.25) is 0 Å². The van der Waals surface area contributed by atoms with Crippen molar-refractivity contribution >= 4 is 10.9 Å². The van der Waals surface area contributed by atoms with Crippen LogP contribution in [0.4, 0.5) is 0 Å². The Morgan fingerprint density at radius 3 is 2.46 bits per heavy atom. The van der Waals surface area contributed by atoms with Crippen LogP contribution in [0, 0.1) is 6.92 Å². The van der Waals surface area contributed by atoms with Crippen LogP contribution in [0.25, 0.3) is 22.5 Å². The average Bonchev–Trinajstić information content (AvgIpc) is 2.93. The molecule has 4 rings (SSSR count). The van der Waals surface area contributed by atoms with Crippen LogP contribution in [0.3, 0.4) is 0 Å². The predicted octanol–water partition coefficient (Wildman–Crippen LogP) is 0.963. The molecule has 24 heavy (non-hydrogen) atoms. The van der Waals surface area contributed by atoms with Crippen LogP contribution in [-0.4, -0.2) is 29.3 Å². The first-order valence-electron chi connectivity index (χ1n) is 7.22. The minimum absolute atomic E-state index is 0.223. The highest BCUT2D eigenvalue weighted by molar-refractivity contribution is 5.81. The van der Waals surface area contributed by atoms with Crippen molar-refractivity contribution in [1.29, 1.82) is 0 Å². The number of H-pyrrole nitrogens is 1. The molecule has 0 amide bonds. The molecular formula is C16H12N6O2. The number of aromatic amines is 1. The molecule has 1 N–H and O–H groups in total. The molecule has 0 aliphatic rings. The summed E-state index contributed by atoms with van der Waals surface area (Å²) in [6.07, 6.45) is 6.28. The molecule has 0 spiro atoms. The van der Waals surface area contributed by atoms with E-state index in [1.54, 1.807) is 49.9 Å². The summed E-state index contributed by atoms with van der Waals surface area (Å²) in [5.41, 5.74) is 1.09. The van der Waals surface area contributed by atoms with Gasteiger partial charge in [0.1, 0.15) is 0 Å². The van der Waals surface area contributed by atoms with Gasteiger partial charge in [0.05, 0.1) is 16.6 Å². The largest absolute Gasteiger partial charge is 0.287 e. The zero-order valence-electron chi connectivity index (χ0n) is 12.7. The molecule has 0 saturated carbocycles. The molecular weight excluding hydrogens is 308 g/mol. The minimum Gasteiger partial charge on any atom is -0.287 e. The topological polar surface area (TPSA) is 98.5 Å². The molecule has 0 fully saturated rings. The fraction of sp³-hybridized carbons (Fsp3) is 0.0625. The number of hydrogen-bond acceptors (Lipinski definition) is 5. The molecule has 0 bridgehead atoms. The average molecular weight is 320 g/mol. The molecule has 8 heteroatoms. The summed E-state index contributed by atoms with van der Waals surface area (Å²) in [5.74, 6) is 0.223. The summed E-state index contributed by atoms with van der Waals surface area (Å²) in [7, 11) is 0. The van der Waals surface area contributed by atoms with Gasteiger partial charge >= 0.3 is 0 Å². The van der Waals surface area contributed by atoms with Gasteiger partial charge < -0.3 is 0 Å². The lowest BCUT2D eigenvalue weighted by Gasteiger charge is -2.09. The lowest BCUT2D eigenvalue weighted by atomic mass is 10.2. The summed E-state index contributed by atoms with van der Waals surface area (Å²) in [4.78, 5) is 37.3. The van der Waals surface area contributed by atoms with Crippen LogP contribution in [0.15, 0.2) is 58.6 Å². The van der Waals surface area contributed by atoms with E-state index in [9.17, 15) is 9.59 Å². The van der Waals surface area contributed by atoms with E-state index < -0.39 is 0 Å². The Labute approximate surface area is 135 Å². The monoisotopic (exact) mass is 320 g/mol. The maximum absolute atomic E-state index is 12.8. The highest BCUT2D eigenvalue weighted by Crippen LogP contribution is 2.15. The number of nitrogens with one attached hydrogen (secondary N) is 1. The lowest BCUT2D eigenvalue weighted by Crippen LogP contribution is -2.22. The summed E-state index contributed by atoms with van der Waals surface area (Å²) in [6, 6.07) is 6.48. The summed E-state index contributed by atoms with van der Waals surface area (Å²) in [5, 5.41) is 3.31. The van der Waals surface area contributed by atoms with Gasteiger partial charge in [-0.25, -0.2) is 9.97 Å². The first-order chi connectivity index (χ1) is 11.7. The van der Waals surface area contributed by atoms with E-state index in [0.717, 1.165) is 0 Å². The molecule has 8 nitrogen and oxygen atoms in total. The fourth-order valence-corrected chi connectivity index (χ4v) is 2.73. The molecule has 118 valence electrons. The molecule has 0 aliphatic carbocycles. The zero-order chi connectivity index (χ0) is 16.7. The zero-order valence-corrected chi connectivity index (χ0v) is 12.7. The quantitative estimate of drug-likeness (QED) is 0.593. The van der Waals surface area contributed by atoms with Gasteiger partial charge in [-0.2, -0.15) is 4.68 Å². The van der Waals surface area contributed by atoms with E-state index in [-0.39, 0.29) is 17.1 Å². The Hall–Kier alpha value is -3.55. The molecule has 0 atom stereocenters. The second-order valence-electron chi connectivity index (χ2n) is 5.20. The van der Waals surface area contributed by atoms with Gasteiger partial charge in [-0.05, 0) is 25.1 Å². The van der Waals surface area contributed by atoms with Gasteiger partial charge in [-0.15, -0.1) is 0 Å². The lowest BCUT2D eigenvalue weighted by molar-refractivity contribution is 0.793. The summed E-state index contributed by atoms with van der Waals surface area (Å²) < 4.78 is 2.71. The van der Waals surface area contributed by atoms with Gasteiger partial charge in [0.2, 0.25) is 0 Å². The molecule has 0 unspecified atom stereocenters. The smallest absolute Gasteiger partial charge is 0.283 e. The third-order valence-electron chi connectivity index (χ3n) is 3.78. The van der Waals surface area contributed by atoms with Crippen molar-refractivity contribution in [1.82, 2.24) is 29.3 Å². The van der Waals surface area contributed by atoms with Gasteiger partial charge in [0.25, 0.3) is 17.1 Å². The highest BCUT2D eigenvalue weighted by Gasteiger charge is 2.16. The van der Waals surface area contributed by atoms with Crippen molar-refractivity contribution in [2.24, 2.45) is 0 Å². The maximum Gasteiger partial charge on any atom is 0.283 e. The molecule has 0 aliphatic heterocycles. The van der Waals surface area contributed by atoms with Gasteiger partial charge in [0, 0.05) is 36.5 Å². The molecule has 0 aromatic carbocycles. The van der Waals surface area contributed by atoms with Crippen molar-refractivity contribution in [3.05, 3.63) is 75.5 Å². The highest BCUT2D eigenvalue weighted by atomic mass is 16.1. The maximum atomic E-state index is 12.8. The van der Waals surface area contributed by atoms with Gasteiger partial charge in [0.15, 0.2) is 0 Å². The van der Waals surface area contributed by atoms with Crippen molar-refractivity contribution in [2.45, 2.75) is 6.92 Å². The summed E-state index contributed by atoms with van der Waals surface area (Å²) in [6.45, 7) is 1.73. The number of aryl methyl sites for hydroxylation is 1. The van der Waals surface area contributed by atoms with E-state index in [2.05, 4.69) is 20.1 Å². The van der Waals surface area contributed by atoms with Crippen molar-refractivity contribution in [3.63, 3.8) is 0 Å². The molecule has 4 aromatic heterocycles. The Morgan fingerprint density at radius 2 is 1.75 bits per heavy atom. The van der Waals surface area contributed by atoms with Crippen molar-refractivity contribution in [3.8, 4) is 11.6 Å². The molecule has 0 radical (unpaired) electrons. The number of aromatic nitrogens is 6. The third kappa shape index (κ3) is 2.04. The first kappa shape index (κ1) is 14.1. The van der Waals surface area contributed by atoms with E-state index in [4.69, 9.17) is 0 Å². The Bertz CT molecular complexity index is 1140. The number of rotatable bonds is 2. The Kier molecular flexibility index (Phi) is 3.09. The summed E-state index contributed by atoms with van der Waals surface area (Å²) >= 11 is 0. The van der Waals surface area contributed by atoms with Crippen molar-refractivity contribution in [2.75, 3.05) is 0 Å². The normalized spacial score (nSPS) is 11.0. The third-order valence-corrected chi connectivity index (χ3v) is 3.78. The van der Waals surface area contributed by atoms with Gasteiger partial charge in [-0.3, -0.25) is 24.2 Å². The van der Waals surface area contributed by atoms with Crippen LogP contribution >= 0.6 is 0 Å². The van der Waals surface area contributed by atoms with Gasteiger partial charge in [-0.1, -0.05) is 0 Å². The number of fused-ring (bicyclic) bond motifs is 1. The van der Waals surface area contributed by atoms with E-state index in [1.165, 1.54) is 15.3 Å². The Balaban J connectivity index is 2.06. The minimum atomic E-state index is -0.309. The van der Waals surface area contributed by atoms with E-state index in [0.29, 0.717) is 22.3 Å². The standard InChI is InChI=1S/C16H12N6O2/c1-10-14-12(9-13(23)21(10)11-3-7-17-8-4-11)20-22(15(14)24)16-18-5-2-6-19-16/h2-9,20H,1H3. The number of pyridine rings is 2. The van der Waals surface area contributed by atoms with Crippen LogP contribution < -0.4 is 11.1 Å². The van der Waals surface area contributed by atoms with E-state index >= 15 is 0 Å². The second-order valence-corrected chi connectivity index (χ2v) is 5.20. The number of nitrogens with zero attached hydrogens (tertiary/aromatic N) is 5. The van der Waals surface area contributed by atoms with Crippen LogP contribution in [-0.2, 0) is 0 Å². The molecule has 0 saturated heterocycles. The fourth-order valence-electron chi connectivity index (χ4n) is 2.73. The van der Waals surface area contributed by atoms with Crippen molar-refractivity contribution < 1.29 is 0 Å². The second kappa shape index (κ2) is 5.27. The Morgan fingerprint density at radius 1 is 1.04 bits per heavy atom. The number of hydrogen-bond donors (Lipinski definition) is 1. The molecule has 4 aromatic rings.